The van der Waals surface area contributed by atoms with Crippen LogP contribution in [0.3, 0.4) is 0 Å². The van der Waals surface area contributed by atoms with Gasteiger partial charge in [-0.2, -0.15) is 0 Å². The molecule has 0 aliphatic heterocycles. The van der Waals surface area contributed by atoms with E-state index in [1.807, 2.05) is 55.5 Å². The first kappa shape index (κ1) is 22.8. The molecule has 1 heterocycles. The Balaban J connectivity index is 1.45. The summed E-state index contributed by atoms with van der Waals surface area (Å²) in [5.74, 6) is 2.44. The number of amides is 1. The zero-order valence-corrected chi connectivity index (χ0v) is 19.3. The van der Waals surface area contributed by atoms with E-state index in [1.165, 1.54) is 0 Å². The monoisotopic (exact) mass is 454 g/mol. The highest BCUT2D eigenvalue weighted by molar-refractivity contribution is 5.95. The molecule has 0 aliphatic carbocycles. The van der Waals surface area contributed by atoms with Crippen molar-refractivity contribution >= 4 is 17.4 Å². The van der Waals surface area contributed by atoms with Crippen LogP contribution < -0.4 is 20.1 Å². The van der Waals surface area contributed by atoms with Crippen molar-refractivity contribution in [2.24, 2.45) is 0 Å². The average Bonchev–Trinajstić information content (AvgIpc) is 2.87. The number of carbonyl (C=O) groups excluding carboxylic acids is 1. The fourth-order valence-corrected chi connectivity index (χ4v) is 3.51. The maximum Gasteiger partial charge on any atom is 0.251 e. The van der Waals surface area contributed by atoms with Crippen molar-refractivity contribution in [2.45, 2.75) is 13.5 Å². The number of hydrogen-bond acceptors (Lipinski definition) is 6. The normalized spacial score (nSPS) is 10.4. The van der Waals surface area contributed by atoms with Gasteiger partial charge >= 0.3 is 0 Å². The smallest absolute Gasteiger partial charge is 0.251 e. The van der Waals surface area contributed by atoms with Crippen molar-refractivity contribution in [3.63, 3.8) is 0 Å². The van der Waals surface area contributed by atoms with Gasteiger partial charge in [0, 0.05) is 41.2 Å². The molecule has 0 aliphatic rings. The molecular weight excluding hydrogens is 428 g/mol. The third kappa shape index (κ3) is 5.50. The van der Waals surface area contributed by atoms with E-state index in [-0.39, 0.29) is 5.91 Å². The lowest BCUT2D eigenvalue weighted by atomic mass is 10.1. The molecule has 4 rings (SSSR count). The van der Waals surface area contributed by atoms with Crippen molar-refractivity contribution in [3.05, 3.63) is 95.7 Å². The van der Waals surface area contributed by atoms with Crippen molar-refractivity contribution in [3.8, 4) is 22.9 Å². The number of ether oxygens (including phenoxy) is 2. The zero-order chi connectivity index (χ0) is 23.9. The van der Waals surface area contributed by atoms with Crippen LogP contribution in [-0.4, -0.2) is 30.1 Å². The minimum atomic E-state index is -0.190. The largest absolute Gasteiger partial charge is 0.497 e. The molecule has 0 radical (unpaired) electrons. The van der Waals surface area contributed by atoms with Crippen molar-refractivity contribution in [1.29, 1.82) is 0 Å². The molecule has 4 aromatic rings. The summed E-state index contributed by atoms with van der Waals surface area (Å²) in [6.07, 6.45) is 1.71. The summed E-state index contributed by atoms with van der Waals surface area (Å²) in [6.45, 7) is 2.36. The second-order valence-corrected chi connectivity index (χ2v) is 7.70. The van der Waals surface area contributed by atoms with E-state index in [0.29, 0.717) is 35.2 Å². The Kier molecular flexibility index (Phi) is 7.03. The number of methoxy groups -OCH3 is 2. The highest BCUT2D eigenvalue weighted by atomic mass is 16.5. The predicted molar refractivity (Wildman–Crippen MR) is 133 cm³/mol. The molecule has 1 aromatic heterocycles. The Hall–Kier alpha value is -4.39. The van der Waals surface area contributed by atoms with Gasteiger partial charge in [0.1, 0.15) is 17.3 Å². The van der Waals surface area contributed by atoms with Gasteiger partial charge in [-0.1, -0.05) is 29.8 Å². The van der Waals surface area contributed by atoms with Crippen molar-refractivity contribution in [2.75, 3.05) is 19.5 Å². The first-order valence-corrected chi connectivity index (χ1v) is 10.8. The number of nitrogens with zero attached hydrogens (tertiary/aromatic N) is 2. The van der Waals surface area contributed by atoms with Crippen LogP contribution in [0.15, 0.2) is 79.0 Å². The summed E-state index contributed by atoms with van der Waals surface area (Å²) in [5, 5.41) is 6.20. The Morgan fingerprint density at radius 3 is 2.59 bits per heavy atom. The minimum absolute atomic E-state index is 0.190. The van der Waals surface area contributed by atoms with E-state index in [4.69, 9.17) is 9.47 Å². The molecule has 0 bridgehead atoms. The van der Waals surface area contributed by atoms with Gasteiger partial charge in [-0.15, -0.1) is 0 Å². The van der Waals surface area contributed by atoms with E-state index in [9.17, 15) is 4.79 Å². The van der Waals surface area contributed by atoms with Gasteiger partial charge in [-0.25, -0.2) is 9.97 Å². The second kappa shape index (κ2) is 10.5. The van der Waals surface area contributed by atoms with Crippen LogP contribution in [0.5, 0.6) is 11.5 Å². The van der Waals surface area contributed by atoms with E-state index in [1.54, 1.807) is 44.7 Å². The summed E-state index contributed by atoms with van der Waals surface area (Å²) in [6, 6.07) is 22.6. The van der Waals surface area contributed by atoms with Crippen LogP contribution in [0.25, 0.3) is 11.4 Å². The molecule has 0 unspecified atom stereocenters. The molecule has 172 valence electrons. The average molecular weight is 455 g/mol. The number of benzene rings is 3. The lowest BCUT2D eigenvalue weighted by Crippen LogP contribution is -2.23. The van der Waals surface area contributed by atoms with Gasteiger partial charge < -0.3 is 20.1 Å². The molecule has 3 aromatic carbocycles. The molecule has 0 fully saturated rings. The third-order valence-electron chi connectivity index (χ3n) is 5.26. The number of rotatable bonds is 8. The molecule has 2 N–H and O–H groups in total. The Labute approximate surface area is 198 Å². The van der Waals surface area contributed by atoms with E-state index < -0.39 is 0 Å². The SMILES string of the molecule is COc1ccc(CNC(=O)c2cccc(Nc3ccnc(-c4cccc(C)c4)n3)c2)c(OC)c1. The fourth-order valence-electron chi connectivity index (χ4n) is 3.51. The highest BCUT2D eigenvalue weighted by Gasteiger charge is 2.10. The lowest BCUT2D eigenvalue weighted by molar-refractivity contribution is 0.0950. The summed E-state index contributed by atoms with van der Waals surface area (Å²) >= 11 is 0. The van der Waals surface area contributed by atoms with Gasteiger partial charge in [0.15, 0.2) is 5.82 Å². The highest BCUT2D eigenvalue weighted by Crippen LogP contribution is 2.25. The molecule has 0 atom stereocenters. The standard InChI is InChI=1S/C27H26N4O3/c1-18-6-4-7-19(14-18)26-28-13-12-25(31-26)30-22-9-5-8-20(15-22)27(32)29-17-21-10-11-23(33-2)16-24(21)34-3/h4-16H,17H2,1-3H3,(H,29,32)(H,28,30,31). The van der Waals surface area contributed by atoms with Gasteiger partial charge in [0.05, 0.1) is 14.2 Å². The molecule has 7 heteroatoms. The Morgan fingerprint density at radius 2 is 1.79 bits per heavy atom. The number of hydrogen-bond donors (Lipinski definition) is 2. The first-order valence-electron chi connectivity index (χ1n) is 10.8. The maximum atomic E-state index is 12.8. The van der Waals surface area contributed by atoms with Crippen LogP contribution in [0.2, 0.25) is 0 Å². The minimum Gasteiger partial charge on any atom is -0.497 e. The lowest BCUT2D eigenvalue weighted by Gasteiger charge is -2.12. The van der Waals surface area contributed by atoms with Crippen LogP contribution in [0.4, 0.5) is 11.5 Å². The van der Waals surface area contributed by atoms with Gasteiger partial charge in [0.25, 0.3) is 5.91 Å². The topological polar surface area (TPSA) is 85.4 Å². The molecule has 7 nitrogen and oxygen atoms in total. The summed E-state index contributed by atoms with van der Waals surface area (Å²) in [4.78, 5) is 21.8. The van der Waals surface area contributed by atoms with Crippen molar-refractivity contribution in [1.82, 2.24) is 15.3 Å². The maximum absolute atomic E-state index is 12.8. The summed E-state index contributed by atoms with van der Waals surface area (Å²) < 4.78 is 10.6. The third-order valence-corrected chi connectivity index (χ3v) is 5.26. The van der Waals surface area contributed by atoms with E-state index in [2.05, 4.69) is 20.6 Å². The van der Waals surface area contributed by atoms with Crippen LogP contribution in [0.1, 0.15) is 21.5 Å². The van der Waals surface area contributed by atoms with Crippen LogP contribution in [0, 0.1) is 6.92 Å². The number of aryl methyl sites for hydroxylation is 1. The molecular formula is C27H26N4O3. The number of carbonyl (C=O) groups is 1. The van der Waals surface area contributed by atoms with E-state index in [0.717, 1.165) is 22.4 Å². The molecule has 0 saturated carbocycles. The van der Waals surface area contributed by atoms with Crippen LogP contribution >= 0.6 is 0 Å². The zero-order valence-electron chi connectivity index (χ0n) is 19.3. The van der Waals surface area contributed by atoms with Gasteiger partial charge in [-0.3, -0.25) is 4.79 Å². The molecule has 0 spiro atoms. The number of anilines is 2. The number of aromatic nitrogens is 2. The quantitative estimate of drug-likeness (QED) is 0.383. The number of nitrogens with one attached hydrogen (secondary N) is 2. The Morgan fingerprint density at radius 1 is 0.941 bits per heavy atom. The van der Waals surface area contributed by atoms with Crippen molar-refractivity contribution < 1.29 is 14.3 Å². The molecule has 34 heavy (non-hydrogen) atoms. The fraction of sp³-hybridized carbons (Fsp3) is 0.148. The molecule has 0 saturated heterocycles. The summed E-state index contributed by atoms with van der Waals surface area (Å²) in [5.41, 5.74) is 4.24. The predicted octanol–water partition coefficient (Wildman–Crippen LogP) is 5.14. The summed E-state index contributed by atoms with van der Waals surface area (Å²) in [7, 11) is 3.19. The first-order chi connectivity index (χ1) is 16.6. The molecule has 1 amide bonds. The second-order valence-electron chi connectivity index (χ2n) is 7.70. The van der Waals surface area contributed by atoms with Gasteiger partial charge in [0.2, 0.25) is 0 Å². The Bertz CT molecular complexity index is 1310. The van der Waals surface area contributed by atoms with E-state index >= 15 is 0 Å². The van der Waals surface area contributed by atoms with Gasteiger partial charge in [-0.05, 0) is 49.4 Å². The van der Waals surface area contributed by atoms with Crippen LogP contribution in [-0.2, 0) is 6.54 Å².